The Morgan fingerprint density at radius 1 is 1.24 bits per heavy atom. The van der Waals surface area contributed by atoms with Crippen molar-refractivity contribution >= 4 is 56.4 Å². The van der Waals surface area contributed by atoms with E-state index in [-0.39, 0.29) is 11.9 Å². The van der Waals surface area contributed by atoms with E-state index in [1.54, 1.807) is 12.1 Å². The van der Waals surface area contributed by atoms with Crippen LogP contribution in [0.4, 0.5) is 11.4 Å². The molecule has 0 saturated heterocycles. The summed E-state index contributed by atoms with van der Waals surface area (Å²) in [5.74, 6) is -0.155. The molecule has 1 unspecified atom stereocenters. The Kier molecular flexibility index (Phi) is 4.11. The lowest BCUT2D eigenvalue weighted by atomic mass is 10.1. The van der Waals surface area contributed by atoms with E-state index in [2.05, 4.69) is 26.6 Å². The number of anilines is 2. The van der Waals surface area contributed by atoms with Crippen molar-refractivity contribution in [2.75, 3.05) is 10.6 Å². The predicted octanol–water partition coefficient (Wildman–Crippen LogP) is 4.73. The number of fused-ring (bicyclic) bond motifs is 1. The highest BCUT2D eigenvalue weighted by Crippen LogP contribution is 2.34. The molecule has 2 aromatic carbocycles. The maximum absolute atomic E-state index is 12.4. The SMILES string of the molecule is O=C(Nc1c(Cl)cc(Br)cc1Cl)C1Cc2ccccc2N1. The molecule has 0 fully saturated rings. The first kappa shape index (κ1) is 14.7. The minimum absolute atomic E-state index is 0.155. The van der Waals surface area contributed by atoms with Gasteiger partial charge in [-0.15, -0.1) is 0 Å². The van der Waals surface area contributed by atoms with Crippen LogP contribution in [-0.2, 0) is 11.2 Å². The van der Waals surface area contributed by atoms with Gasteiger partial charge in [0.2, 0.25) is 5.91 Å². The van der Waals surface area contributed by atoms with E-state index in [1.165, 1.54) is 0 Å². The quantitative estimate of drug-likeness (QED) is 0.784. The van der Waals surface area contributed by atoms with Gasteiger partial charge in [-0.2, -0.15) is 0 Å². The Morgan fingerprint density at radius 3 is 2.57 bits per heavy atom. The molecule has 2 N–H and O–H groups in total. The number of carbonyl (C=O) groups is 1. The highest BCUT2D eigenvalue weighted by atomic mass is 79.9. The summed E-state index contributed by atoms with van der Waals surface area (Å²) in [7, 11) is 0. The molecule has 0 aliphatic carbocycles. The Balaban J connectivity index is 1.77. The third kappa shape index (κ3) is 3.03. The molecule has 1 amide bonds. The Morgan fingerprint density at radius 2 is 1.90 bits per heavy atom. The van der Waals surface area contributed by atoms with Crippen LogP contribution in [0.15, 0.2) is 40.9 Å². The maximum atomic E-state index is 12.4. The van der Waals surface area contributed by atoms with Crippen LogP contribution in [0.5, 0.6) is 0 Å². The van der Waals surface area contributed by atoms with Crippen molar-refractivity contribution < 1.29 is 4.79 Å². The fourth-order valence-electron chi connectivity index (χ4n) is 2.33. The summed E-state index contributed by atoms with van der Waals surface area (Å²) in [4.78, 5) is 12.4. The number of benzene rings is 2. The molecular weight excluding hydrogens is 375 g/mol. The summed E-state index contributed by atoms with van der Waals surface area (Å²) >= 11 is 15.6. The zero-order valence-corrected chi connectivity index (χ0v) is 13.9. The van der Waals surface area contributed by atoms with E-state index in [0.717, 1.165) is 15.7 Å². The van der Waals surface area contributed by atoms with Crippen molar-refractivity contribution in [2.45, 2.75) is 12.5 Å². The second kappa shape index (κ2) is 5.87. The molecule has 0 saturated carbocycles. The van der Waals surface area contributed by atoms with Gasteiger partial charge >= 0.3 is 0 Å². The molecule has 0 spiro atoms. The van der Waals surface area contributed by atoms with Crippen LogP contribution >= 0.6 is 39.1 Å². The number of halogens is 3. The first-order valence-electron chi connectivity index (χ1n) is 6.34. The van der Waals surface area contributed by atoms with E-state index in [9.17, 15) is 4.79 Å². The fourth-order valence-corrected chi connectivity index (χ4v) is 3.63. The largest absolute Gasteiger partial charge is 0.373 e. The lowest BCUT2D eigenvalue weighted by molar-refractivity contribution is -0.116. The van der Waals surface area contributed by atoms with Crippen molar-refractivity contribution in [1.82, 2.24) is 0 Å². The van der Waals surface area contributed by atoms with Crippen molar-refractivity contribution in [1.29, 1.82) is 0 Å². The van der Waals surface area contributed by atoms with Crippen molar-refractivity contribution in [3.8, 4) is 0 Å². The molecule has 1 heterocycles. The number of carbonyl (C=O) groups excluding carboxylic acids is 1. The third-order valence-corrected chi connectivity index (χ3v) is 4.40. The Hall–Kier alpha value is -1.23. The number of nitrogens with one attached hydrogen (secondary N) is 2. The molecule has 3 nitrogen and oxygen atoms in total. The molecule has 6 heteroatoms. The summed E-state index contributed by atoms with van der Waals surface area (Å²) in [6, 6.07) is 10.9. The van der Waals surface area contributed by atoms with Gasteiger partial charge in [0, 0.05) is 16.6 Å². The summed E-state index contributed by atoms with van der Waals surface area (Å²) in [5, 5.41) is 6.80. The zero-order valence-electron chi connectivity index (χ0n) is 10.8. The van der Waals surface area contributed by atoms with Crippen LogP contribution in [0.25, 0.3) is 0 Å². The average Bonchev–Trinajstić information content (AvgIpc) is 2.86. The van der Waals surface area contributed by atoms with Crippen LogP contribution in [-0.4, -0.2) is 11.9 Å². The van der Waals surface area contributed by atoms with Gasteiger partial charge in [-0.25, -0.2) is 0 Å². The van der Waals surface area contributed by atoms with E-state index < -0.39 is 0 Å². The normalized spacial score (nSPS) is 16.2. The highest BCUT2D eigenvalue weighted by Gasteiger charge is 2.27. The fraction of sp³-hybridized carbons (Fsp3) is 0.133. The molecule has 2 aromatic rings. The summed E-state index contributed by atoms with van der Waals surface area (Å²) in [5.41, 5.74) is 2.56. The third-order valence-electron chi connectivity index (χ3n) is 3.34. The van der Waals surface area contributed by atoms with Gasteiger partial charge in [0.05, 0.1) is 15.7 Å². The predicted molar refractivity (Wildman–Crippen MR) is 90.3 cm³/mol. The minimum Gasteiger partial charge on any atom is -0.373 e. The first-order chi connectivity index (χ1) is 10.0. The van der Waals surface area contributed by atoms with Crippen LogP contribution in [0, 0.1) is 0 Å². The molecule has 1 aliphatic heterocycles. The Bertz CT molecular complexity index is 673. The van der Waals surface area contributed by atoms with Gasteiger partial charge in [-0.3, -0.25) is 4.79 Å². The van der Waals surface area contributed by atoms with E-state index in [1.807, 2.05) is 24.3 Å². The highest BCUT2D eigenvalue weighted by molar-refractivity contribution is 9.10. The molecule has 108 valence electrons. The maximum Gasteiger partial charge on any atom is 0.247 e. The zero-order chi connectivity index (χ0) is 15.0. The number of hydrogen-bond donors (Lipinski definition) is 2. The average molecular weight is 386 g/mol. The van der Waals surface area contributed by atoms with Gasteiger partial charge in [0.1, 0.15) is 6.04 Å². The molecule has 0 bridgehead atoms. The van der Waals surface area contributed by atoms with Crippen LogP contribution in [0.2, 0.25) is 10.0 Å². The second-order valence-corrected chi connectivity index (χ2v) is 6.52. The molecule has 3 rings (SSSR count). The summed E-state index contributed by atoms with van der Waals surface area (Å²) in [6.45, 7) is 0. The van der Waals surface area contributed by atoms with Crippen molar-refractivity contribution in [3.05, 3.63) is 56.5 Å². The van der Waals surface area contributed by atoms with Crippen molar-refractivity contribution in [3.63, 3.8) is 0 Å². The van der Waals surface area contributed by atoms with Gasteiger partial charge in [0.15, 0.2) is 0 Å². The number of hydrogen-bond acceptors (Lipinski definition) is 2. The molecular formula is C15H11BrCl2N2O. The second-order valence-electron chi connectivity index (χ2n) is 4.79. The number of amides is 1. The van der Waals surface area contributed by atoms with Crippen molar-refractivity contribution in [2.24, 2.45) is 0 Å². The molecule has 1 aliphatic rings. The van der Waals surface area contributed by atoms with Crippen LogP contribution < -0.4 is 10.6 Å². The summed E-state index contributed by atoms with van der Waals surface area (Å²) in [6.07, 6.45) is 0.647. The van der Waals surface area contributed by atoms with Gasteiger partial charge < -0.3 is 10.6 Å². The minimum atomic E-state index is -0.321. The van der Waals surface area contributed by atoms with Gasteiger partial charge in [-0.05, 0) is 23.8 Å². The lowest BCUT2D eigenvalue weighted by Crippen LogP contribution is -2.33. The molecule has 0 aromatic heterocycles. The topological polar surface area (TPSA) is 41.1 Å². The number of rotatable bonds is 2. The van der Waals surface area contributed by atoms with E-state index in [0.29, 0.717) is 22.2 Å². The van der Waals surface area contributed by atoms with Crippen LogP contribution in [0.3, 0.4) is 0 Å². The summed E-state index contributed by atoms with van der Waals surface area (Å²) < 4.78 is 0.766. The van der Waals surface area contributed by atoms with E-state index >= 15 is 0 Å². The Labute approximate surface area is 140 Å². The number of para-hydroxylation sites is 1. The van der Waals surface area contributed by atoms with Crippen LogP contribution in [0.1, 0.15) is 5.56 Å². The van der Waals surface area contributed by atoms with E-state index in [4.69, 9.17) is 23.2 Å². The molecule has 1 atom stereocenters. The van der Waals surface area contributed by atoms with Gasteiger partial charge in [-0.1, -0.05) is 57.3 Å². The first-order valence-corrected chi connectivity index (χ1v) is 7.89. The smallest absolute Gasteiger partial charge is 0.247 e. The van der Waals surface area contributed by atoms with Gasteiger partial charge in [0.25, 0.3) is 0 Å². The molecule has 0 radical (unpaired) electrons. The standard InChI is InChI=1S/C15H11BrCl2N2O/c16-9-6-10(17)14(11(18)7-9)20-15(21)13-5-8-3-1-2-4-12(8)19-13/h1-4,6-7,13,19H,5H2,(H,20,21). The lowest BCUT2D eigenvalue weighted by Gasteiger charge is -2.14. The molecule has 21 heavy (non-hydrogen) atoms. The monoisotopic (exact) mass is 384 g/mol.